The lowest BCUT2D eigenvalue weighted by molar-refractivity contribution is -0.117. The van der Waals surface area contributed by atoms with Crippen molar-refractivity contribution in [2.24, 2.45) is 5.92 Å². The van der Waals surface area contributed by atoms with Crippen molar-refractivity contribution in [2.45, 2.75) is 10.3 Å². The van der Waals surface area contributed by atoms with Crippen molar-refractivity contribution in [2.75, 3.05) is 17.7 Å². The number of nitrogens with zero attached hydrogens (tertiary/aromatic N) is 1. The lowest BCUT2D eigenvalue weighted by Crippen LogP contribution is -2.18. The quantitative estimate of drug-likeness (QED) is 0.357. The average Bonchev–Trinajstić information content (AvgIpc) is 3.39. The van der Waals surface area contributed by atoms with Crippen LogP contribution in [0.1, 0.15) is 21.8 Å². The molecule has 1 aliphatic rings. The molecule has 4 rings (SSSR count). The SMILES string of the molecule is COc1ccc(NC(=O)c2cc(NC(=O)[C@H]3[C@H](c4ccc(F)c(Cl)c4)C3(Cl)Cl)ccc2Cl)cn1. The number of rotatable bonds is 6. The molecule has 2 aromatic carbocycles. The maximum Gasteiger partial charge on any atom is 0.257 e. The Morgan fingerprint density at radius 2 is 1.74 bits per heavy atom. The third-order valence-electron chi connectivity index (χ3n) is 5.32. The monoisotopic (exact) mass is 541 g/mol. The third kappa shape index (κ3) is 4.93. The number of methoxy groups -OCH3 is 1. The molecule has 6 nitrogen and oxygen atoms in total. The number of anilines is 2. The number of hydrogen-bond donors (Lipinski definition) is 2. The molecule has 11 heteroatoms. The maximum atomic E-state index is 13.5. The zero-order valence-corrected chi connectivity index (χ0v) is 20.4. The van der Waals surface area contributed by atoms with Crippen LogP contribution in [-0.2, 0) is 4.79 Å². The highest BCUT2D eigenvalue weighted by molar-refractivity contribution is 6.53. The average molecular weight is 543 g/mol. The van der Waals surface area contributed by atoms with Crippen molar-refractivity contribution in [3.63, 3.8) is 0 Å². The van der Waals surface area contributed by atoms with Crippen LogP contribution >= 0.6 is 46.4 Å². The second-order valence-corrected chi connectivity index (χ2v) is 9.79. The van der Waals surface area contributed by atoms with E-state index in [1.54, 1.807) is 18.2 Å². The molecule has 0 saturated heterocycles. The number of alkyl halides is 2. The van der Waals surface area contributed by atoms with E-state index in [2.05, 4.69) is 15.6 Å². The highest BCUT2D eigenvalue weighted by Crippen LogP contribution is 2.65. The van der Waals surface area contributed by atoms with Gasteiger partial charge in [-0.15, -0.1) is 23.2 Å². The van der Waals surface area contributed by atoms with Crippen molar-refractivity contribution < 1.29 is 18.7 Å². The number of carbonyl (C=O) groups is 2. The van der Waals surface area contributed by atoms with Gasteiger partial charge in [-0.25, -0.2) is 9.37 Å². The standard InChI is InChI=1S/C23H16Cl4FN3O3/c1-34-18-7-4-13(10-29-18)31-21(32)14-9-12(3-5-15(14)24)30-22(33)20-19(23(20,26)27)11-2-6-17(28)16(25)8-11/h2-10,19-20H,1H3,(H,30,33)(H,31,32)/t19-,20+/m0/s1. The van der Waals surface area contributed by atoms with Gasteiger partial charge < -0.3 is 15.4 Å². The first-order valence-corrected chi connectivity index (χ1v) is 11.4. The summed E-state index contributed by atoms with van der Waals surface area (Å²) in [4.78, 5) is 29.6. The molecule has 1 saturated carbocycles. The van der Waals surface area contributed by atoms with Gasteiger partial charge in [-0.3, -0.25) is 9.59 Å². The fourth-order valence-electron chi connectivity index (χ4n) is 3.54. The number of halogens is 5. The summed E-state index contributed by atoms with van der Waals surface area (Å²) >= 11 is 24.7. The van der Waals surface area contributed by atoms with Gasteiger partial charge in [-0.1, -0.05) is 29.3 Å². The molecule has 2 amide bonds. The van der Waals surface area contributed by atoms with E-state index in [4.69, 9.17) is 51.1 Å². The molecule has 0 aliphatic heterocycles. The van der Waals surface area contributed by atoms with Gasteiger partial charge in [-0.05, 0) is 42.0 Å². The first-order chi connectivity index (χ1) is 16.1. The van der Waals surface area contributed by atoms with Gasteiger partial charge in [0, 0.05) is 17.7 Å². The van der Waals surface area contributed by atoms with Crippen LogP contribution in [0.15, 0.2) is 54.7 Å². The van der Waals surface area contributed by atoms with Gasteiger partial charge in [0.05, 0.1) is 40.5 Å². The maximum absolute atomic E-state index is 13.5. The molecule has 2 atom stereocenters. The van der Waals surface area contributed by atoms with Gasteiger partial charge in [0.25, 0.3) is 5.91 Å². The Bertz CT molecular complexity index is 1270. The van der Waals surface area contributed by atoms with Crippen LogP contribution in [0.2, 0.25) is 10.0 Å². The summed E-state index contributed by atoms with van der Waals surface area (Å²) in [5.74, 6) is -2.54. The Hall–Kier alpha value is -2.58. The minimum Gasteiger partial charge on any atom is -0.481 e. The van der Waals surface area contributed by atoms with E-state index < -0.39 is 33.8 Å². The van der Waals surface area contributed by atoms with E-state index in [-0.39, 0.29) is 15.6 Å². The van der Waals surface area contributed by atoms with E-state index in [9.17, 15) is 14.0 Å². The molecule has 1 aromatic heterocycles. The van der Waals surface area contributed by atoms with E-state index in [1.807, 2.05) is 0 Å². The van der Waals surface area contributed by atoms with Crippen LogP contribution in [0.4, 0.5) is 15.8 Å². The van der Waals surface area contributed by atoms with Gasteiger partial charge in [-0.2, -0.15) is 0 Å². The summed E-state index contributed by atoms with van der Waals surface area (Å²) in [6.45, 7) is 0. The fraction of sp³-hybridized carbons (Fsp3) is 0.174. The number of nitrogens with one attached hydrogen (secondary N) is 2. The normalized spacial score (nSPS) is 18.2. The molecule has 3 aromatic rings. The molecule has 0 bridgehead atoms. The number of ether oxygens (including phenoxy) is 1. The van der Waals surface area contributed by atoms with Crippen molar-refractivity contribution in [1.82, 2.24) is 4.98 Å². The highest BCUT2D eigenvalue weighted by Gasteiger charge is 2.67. The van der Waals surface area contributed by atoms with E-state index >= 15 is 0 Å². The van der Waals surface area contributed by atoms with Crippen LogP contribution in [0, 0.1) is 11.7 Å². The molecule has 1 heterocycles. The van der Waals surface area contributed by atoms with Crippen LogP contribution in [0.5, 0.6) is 5.88 Å². The summed E-state index contributed by atoms with van der Waals surface area (Å²) in [5.41, 5.74) is 1.43. The molecule has 1 aliphatic carbocycles. The van der Waals surface area contributed by atoms with Gasteiger partial charge in [0.2, 0.25) is 11.8 Å². The predicted molar refractivity (Wildman–Crippen MR) is 131 cm³/mol. The predicted octanol–water partition coefficient (Wildman–Crippen LogP) is 6.31. The fourth-order valence-corrected chi connectivity index (χ4v) is 4.76. The second-order valence-electron chi connectivity index (χ2n) is 7.53. The highest BCUT2D eigenvalue weighted by atomic mass is 35.5. The molecular weight excluding hydrogens is 527 g/mol. The number of carbonyl (C=O) groups excluding carboxylic acids is 2. The molecule has 0 radical (unpaired) electrons. The van der Waals surface area contributed by atoms with Gasteiger partial charge in [0.15, 0.2) is 0 Å². The molecule has 0 spiro atoms. The minimum absolute atomic E-state index is 0.0897. The Morgan fingerprint density at radius 3 is 2.38 bits per heavy atom. The number of amides is 2. The topological polar surface area (TPSA) is 80.3 Å². The Kier molecular flexibility index (Phi) is 6.92. The van der Waals surface area contributed by atoms with E-state index in [1.165, 1.54) is 43.6 Å². The number of benzene rings is 2. The number of pyridine rings is 1. The van der Waals surface area contributed by atoms with Crippen molar-refractivity contribution in [1.29, 1.82) is 0 Å². The molecule has 34 heavy (non-hydrogen) atoms. The van der Waals surface area contributed by atoms with Crippen molar-refractivity contribution >= 4 is 69.6 Å². The second kappa shape index (κ2) is 9.58. The Balaban J connectivity index is 1.48. The number of hydrogen-bond acceptors (Lipinski definition) is 4. The van der Waals surface area contributed by atoms with Crippen LogP contribution < -0.4 is 15.4 Å². The third-order valence-corrected chi connectivity index (χ3v) is 6.88. The minimum atomic E-state index is -1.39. The van der Waals surface area contributed by atoms with Crippen molar-refractivity contribution in [3.05, 3.63) is 81.7 Å². The van der Waals surface area contributed by atoms with Crippen LogP contribution in [0.25, 0.3) is 0 Å². The Morgan fingerprint density at radius 1 is 1.00 bits per heavy atom. The molecule has 176 valence electrons. The zero-order chi connectivity index (χ0) is 24.6. The van der Waals surface area contributed by atoms with Gasteiger partial charge >= 0.3 is 0 Å². The lowest BCUT2D eigenvalue weighted by atomic mass is 10.1. The first-order valence-electron chi connectivity index (χ1n) is 9.86. The summed E-state index contributed by atoms with van der Waals surface area (Å²) in [5, 5.41) is 5.48. The van der Waals surface area contributed by atoms with Crippen LogP contribution in [-0.4, -0.2) is 28.2 Å². The molecule has 1 fully saturated rings. The summed E-state index contributed by atoms with van der Waals surface area (Å²) in [7, 11) is 1.48. The summed E-state index contributed by atoms with van der Waals surface area (Å²) < 4.78 is 17.1. The van der Waals surface area contributed by atoms with Gasteiger partial charge in [0.1, 0.15) is 10.2 Å². The zero-order valence-electron chi connectivity index (χ0n) is 17.4. The summed E-state index contributed by atoms with van der Waals surface area (Å²) in [6.07, 6.45) is 1.44. The first kappa shape index (κ1) is 24.5. The van der Waals surface area contributed by atoms with Crippen LogP contribution in [0.3, 0.4) is 0 Å². The smallest absolute Gasteiger partial charge is 0.257 e. The van der Waals surface area contributed by atoms with E-state index in [0.29, 0.717) is 22.8 Å². The molecular formula is C23H16Cl4FN3O3. The van der Waals surface area contributed by atoms with E-state index in [0.717, 1.165) is 0 Å². The molecule has 0 unspecified atom stereocenters. The lowest BCUT2D eigenvalue weighted by Gasteiger charge is -2.10. The summed E-state index contributed by atoms with van der Waals surface area (Å²) in [6, 6.07) is 11.8. The largest absolute Gasteiger partial charge is 0.481 e. The Labute approximate surface area is 214 Å². The van der Waals surface area contributed by atoms with Crippen molar-refractivity contribution in [3.8, 4) is 5.88 Å². The molecule has 2 N–H and O–H groups in total. The number of aromatic nitrogens is 1.